The summed E-state index contributed by atoms with van der Waals surface area (Å²) in [4.78, 5) is 10.7. The maximum Gasteiger partial charge on any atom is 0.164 e. The normalized spacial score (nSPS) is 18.1. The Bertz CT molecular complexity index is 411. The minimum atomic E-state index is -1.20. The van der Waals surface area contributed by atoms with Crippen molar-refractivity contribution in [3.05, 3.63) is 23.3 Å². The van der Waals surface area contributed by atoms with Crippen molar-refractivity contribution in [2.45, 2.75) is 19.4 Å². The summed E-state index contributed by atoms with van der Waals surface area (Å²) in [5.74, 6) is -0.0956. The molecule has 1 aromatic rings. The molecule has 0 saturated carbocycles. The number of carboxylic acids is 1. The molecule has 1 aliphatic rings. The van der Waals surface area contributed by atoms with Gasteiger partial charge in [0, 0.05) is 17.5 Å². The fourth-order valence-electron chi connectivity index (χ4n) is 1.77. The number of hydrogen-bond donors (Lipinski definition) is 0. The van der Waals surface area contributed by atoms with E-state index in [1.165, 1.54) is 13.2 Å². The van der Waals surface area contributed by atoms with E-state index >= 15 is 0 Å². The number of aromatic carboxylic acids is 1. The van der Waals surface area contributed by atoms with Crippen LogP contribution in [-0.2, 0) is 6.42 Å². The quantitative estimate of drug-likeness (QED) is 0.703. The first kappa shape index (κ1) is 9.83. The molecule has 80 valence electrons. The highest BCUT2D eigenvalue weighted by Gasteiger charge is 2.23. The summed E-state index contributed by atoms with van der Waals surface area (Å²) in [7, 11) is 1.49. The summed E-state index contributed by atoms with van der Waals surface area (Å²) in [6, 6.07) is 3.00. The molecule has 0 unspecified atom stereocenters. The van der Waals surface area contributed by atoms with E-state index in [1.54, 1.807) is 6.07 Å². The highest BCUT2D eigenvalue weighted by Crippen LogP contribution is 2.38. The first-order valence-corrected chi connectivity index (χ1v) is 4.70. The van der Waals surface area contributed by atoms with E-state index in [0.717, 1.165) is 5.56 Å². The van der Waals surface area contributed by atoms with Gasteiger partial charge in [0.1, 0.15) is 6.10 Å². The lowest BCUT2D eigenvalue weighted by Gasteiger charge is -2.10. The van der Waals surface area contributed by atoms with Gasteiger partial charge in [-0.25, -0.2) is 0 Å². The number of rotatable bonds is 2. The van der Waals surface area contributed by atoms with Crippen LogP contribution in [0.5, 0.6) is 11.5 Å². The molecule has 0 N–H and O–H groups in total. The number of ether oxygens (including phenoxy) is 2. The van der Waals surface area contributed by atoms with Crippen LogP contribution in [0.1, 0.15) is 22.8 Å². The molecule has 0 saturated heterocycles. The molecule has 2 rings (SSSR count). The molecule has 0 aliphatic carbocycles. The fourth-order valence-corrected chi connectivity index (χ4v) is 1.77. The highest BCUT2D eigenvalue weighted by molar-refractivity contribution is 5.87. The molecule has 0 aromatic heterocycles. The van der Waals surface area contributed by atoms with Crippen molar-refractivity contribution in [3.63, 3.8) is 0 Å². The first-order valence-electron chi connectivity index (χ1n) is 4.70. The van der Waals surface area contributed by atoms with Gasteiger partial charge in [-0.15, -0.1) is 0 Å². The summed E-state index contributed by atoms with van der Waals surface area (Å²) in [5, 5.41) is 10.7. The van der Waals surface area contributed by atoms with Crippen LogP contribution in [0.3, 0.4) is 0 Å². The second kappa shape index (κ2) is 3.46. The average molecular weight is 207 g/mol. The molecule has 0 fully saturated rings. The molecule has 0 amide bonds. The van der Waals surface area contributed by atoms with Gasteiger partial charge in [-0.05, 0) is 19.1 Å². The standard InChI is InChI=1S/C11H12O4/c1-6-3-7-4-8(11(12)13)5-9(14-2)10(7)15-6/h4-6H,3H2,1-2H3,(H,12,13)/p-1/t6-/m1/s1. The zero-order valence-electron chi connectivity index (χ0n) is 8.57. The van der Waals surface area contributed by atoms with E-state index < -0.39 is 5.97 Å². The maximum absolute atomic E-state index is 10.7. The Morgan fingerprint density at radius 2 is 2.33 bits per heavy atom. The Hall–Kier alpha value is -1.71. The van der Waals surface area contributed by atoms with Crippen LogP contribution >= 0.6 is 0 Å². The van der Waals surface area contributed by atoms with E-state index in [4.69, 9.17) is 9.47 Å². The summed E-state index contributed by atoms with van der Waals surface area (Å²) in [6.07, 6.45) is 0.762. The topological polar surface area (TPSA) is 58.6 Å². The van der Waals surface area contributed by atoms with Crippen LogP contribution < -0.4 is 14.6 Å². The van der Waals surface area contributed by atoms with Crippen molar-refractivity contribution in [2.75, 3.05) is 7.11 Å². The maximum atomic E-state index is 10.7. The van der Waals surface area contributed by atoms with Crippen LogP contribution in [0.15, 0.2) is 12.1 Å². The predicted molar refractivity (Wildman–Crippen MR) is 51.1 cm³/mol. The van der Waals surface area contributed by atoms with Crippen LogP contribution in [-0.4, -0.2) is 19.2 Å². The molecule has 0 radical (unpaired) electrons. The van der Waals surface area contributed by atoms with Crippen LogP contribution in [0.25, 0.3) is 0 Å². The smallest absolute Gasteiger partial charge is 0.164 e. The SMILES string of the molecule is COc1cc(C(=O)[O-])cc2c1O[C@H](C)C2. The van der Waals surface area contributed by atoms with Crippen molar-refractivity contribution in [2.24, 2.45) is 0 Å². The van der Waals surface area contributed by atoms with Crippen molar-refractivity contribution in [1.29, 1.82) is 0 Å². The van der Waals surface area contributed by atoms with Gasteiger partial charge in [-0.2, -0.15) is 0 Å². The average Bonchev–Trinajstić information content (AvgIpc) is 2.56. The van der Waals surface area contributed by atoms with Gasteiger partial charge in [-0.1, -0.05) is 0 Å². The van der Waals surface area contributed by atoms with E-state index in [0.29, 0.717) is 17.9 Å². The van der Waals surface area contributed by atoms with E-state index in [1.807, 2.05) is 6.92 Å². The second-order valence-corrected chi connectivity index (χ2v) is 3.59. The van der Waals surface area contributed by atoms with E-state index in [2.05, 4.69) is 0 Å². The minimum absolute atomic E-state index is 0.0610. The molecular weight excluding hydrogens is 196 g/mol. The fraction of sp³-hybridized carbons (Fsp3) is 0.364. The third kappa shape index (κ3) is 1.63. The monoisotopic (exact) mass is 207 g/mol. The molecule has 4 nitrogen and oxygen atoms in total. The van der Waals surface area contributed by atoms with Crippen LogP contribution in [0, 0.1) is 0 Å². The number of carboxylic acid groups (broad SMARTS) is 1. The lowest BCUT2D eigenvalue weighted by atomic mass is 10.1. The number of hydrogen-bond acceptors (Lipinski definition) is 4. The number of carbonyl (C=O) groups excluding carboxylic acids is 1. The molecule has 0 spiro atoms. The van der Waals surface area contributed by atoms with Crippen molar-refractivity contribution < 1.29 is 19.4 Å². The zero-order valence-corrected chi connectivity index (χ0v) is 8.57. The summed E-state index contributed by atoms with van der Waals surface area (Å²) in [5.41, 5.74) is 0.990. The lowest BCUT2D eigenvalue weighted by Crippen LogP contribution is -2.22. The molecular formula is C11H11O4-. The summed E-state index contributed by atoms with van der Waals surface area (Å²) >= 11 is 0. The molecule has 1 heterocycles. The minimum Gasteiger partial charge on any atom is -0.545 e. The number of fused-ring (bicyclic) bond motifs is 1. The predicted octanol–water partition coefficient (Wildman–Crippen LogP) is 0.382. The van der Waals surface area contributed by atoms with Crippen molar-refractivity contribution >= 4 is 5.97 Å². The summed E-state index contributed by atoms with van der Waals surface area (Å²) in [6.45, 7) is 1.93. The third-order valence-electron chi connectivity index (χ3n) is 2.41. The molecule has 0 bridgehead atoms. The molecule has 1 aliphatic heterocycles. The van der Waals surface area contributed by atoms with Gasteiger partial charge < -0.3 is 19.4 Å². The van der Waals surface area contributed by atoms with Gasteiger partial charge in [-0.3, -0.25) is 0 Å². The lowest BCUT2D eigenvalue weighted by molar-refractivity contribution is -0.255. The number of benzene rings is 1. The second-order valence-electron chi connectivity index (χ2n) is 3.59. The number of methoxy groups -OCH3 is 1. The van der Waals surface area contributed by atoms with Gasteiger partial charge in [0.2, 0.25) is 0 Å². The van der Waals surface area contributed by atoms with E-state index in [9.17, 15) is 9.90 Å². The molecule has 1 atom stereocenters. The Morgan fingerprint density at radius 3 is 2.93 bits per heavy atom. The van der Waals surface area contributed by atoms with Gasteiger partial charge in [0.05, 0.1) is 13.1 Å². The van der Waals surface area contributed by atoms with Crippen molar-refractivity contribution in [3.8, 4) is 11.5 Å². The van der Waals surface area contributed by atoms with Crippen LogP contribution in [0.2, 0.25) is 0 Å². The molecule has 15 heavy (non-hydrogen) atoms. The zero-order chi connectivity index (χ0) is 11.0. The Labute approximate surface area is 87.4 Å². The Morgan fingerprint density at radius 1 is 1.60 bits per heavy atom. The van der Waals surface area contributed by atoms with Gasteiger partial charge in [0.25, 0.3) is 0 Å². The number of carbonyl (C=O) groups is 1. The highest BCUT2D eigenvalue weighted by atomic mass is 16.5. The van der Waals surface area contributed by atoms with Gasteiger partial charge >= 0.3 is 0 Å². The van der Waals surface area contributed by atoms with Crippen LogP contribution in [0.4, 0.5) is 0 Å². The molecule has 4 heteroatoms. The Kier molecular flexibility index (Phi) is 2.26. The first-order chi connectivity index (χ1) is 7.11. The van der Waals surface area contributed by atoms with Crippen molar-refractivity contribution in [1.82, 2.24) is 0 Å². The van der Waals surface area contributed by atoms with Gasteiger partial charge in [0.15, 0.2) is 11.5 Å². The third-order valence-corrected chi connectivity index (χ3v) is 2.41. The largest absolute Gasteiger partial charge is 0.545 e. The summed E-state index contributed by atoms with van der Waals surface area (Å²) < 4.78 is 10.6. The molecule has 1 aromatic carbocycles. The Balaban J connectivity index is 2.52. The van der Waals surface area contributed by atoms with E-state index in [-0.39, 0.29) is 11.7 Å².